The minimum absolute atomic E-state index is 0. The molecule has 1 atom stereocenters. The molecule has 5 aromatic rings. The largest absolute Gasteiger partial charge is 1.00 e. The van der Waals surface area contributed by atoms with Gasteiger partial charge >= 0.3 is 235 Å². The predicted molar refractivity (Wildman–Crippen MR) is 157 cm³/mol. The first kappa shape index (κ1) is 28.7. The number of allylic oxidation sites excluding steroid dienone is 2. The molecule has 0 N–H and O–H groups in total. The Balaban J connectivity index is 0.00000161. The Labute approximate surface area is 257 Å². The molecule has 2 aliphatic carbocycles. The number of hydrogen-bond acceptors (Lipinski definition) is 0. The first-order valence-electron chi connectivity index (χ1n) is 13.5. The van der Waals surface area contributed by atoms with E-state index in [4.69, 9.17) is 0 Å². The van der Waals surface area contributed by atoms with Gasteiger partial charge in [-0.3, -0.25) is 0 Å². The first-order chi connectivity index (χ1) is 18.7. The van der Waals surface area contributed by atoms with Gasteiger partial charge in [0.05, 0.1) is 0 Å². The van der Waals surface area contributed by atoms with Crippen LogP contribution in [0.4, 0.5) is 0 Å². The van der Waals surface area contributed by atoms with Crippen LogP contribution in [-0.4, -0.2) is 3.21 Å². The Bertz CT molecular complexity index is 1650. The van der Waals surface area contributed by atoms with E-state index in [9.17, 15) is 0 Å². The van der Waals surface area contributed by atoms with Crippen LogP contribution in [0.1, 0.15) is 53.1 Å². The van der Waals surface area contributed by atoms with E-state index in [0.717, 1.165) is 0 Å². The summed E-state index contributed by atoms with van der Waals surface area (Å²) in [5.74, 6) is 0. The summed E-state index contributed by atoms with van der Waals surface area (Å²) in [6.45, 7) is 4.64. The van der Waals surface area contributed by atoms with Gasteiger partial charge in [0, 0.05) is 0 Å². The zero-order valence-corrected chi connectivity index (χ0v) is 26.6. The summed E-state index contributed by atoms with van der Waals surface area (Å²) in [6.07, 6.45) is 2.64. The molecular formula is C37H30Cl2Zr. The van der Waals surface area contributed by atoms with Crippen LogP contribution in [0.5, 0.6) is 0 Å². The molecule has 2 aliphatic rings. The van der Waals surface area contributed by atoms with Gasteiger partial charge in [-0.2, -0.15) is 0 Å². The van der Waals surface area contributed by atoms with E-state index in [2.05, 4.69) is 147 Å². The summed E-state index contributed by atoms with van der Waals surface area (Å²) in [7, 11) is 0. The van der Waals surface area contributed by atoms with Crippen LogP contribution in [0.15, 0.2) is 133 Å². The van der Waals surface area contributed by atoms with Crippen molar-refractivity contribution < 1.29 is 46.1 Å². The third-order valence-electron chi connectivity index (χ3n) is 8.37. The Morgan fingerprint density at radius 2 is 1.00 bits per heavy atom. The van der Waals surface area contributed by atoms with Crippen LogP contribution in [0.2, 0.25) is 0 Å². The molecule has 0 spiro atoms. The van der Waals surface area contributed by atoms with Gasteiger partial charge in [0.15, 0.2) is 0 Å². The monoisotopic (exact) mass is 634 g/mol. The first-order valence-corrected chi connectivity index (χ1v) is 17.6. The fraction of sp³-hybridized carbons (Fsp3) is 0.108. The molecule has 7 rings (SSSR count). The third kappa shape index (κ3) is 4.73. The summed E-state index contributed by atoms with van der Waals surface area (Å²) in [6, 6.07) is 47.9. The number of rotatable bonds is 4. The van der Waals surface area contributed by atoms with Crippen molar-refractivity contribution >= 4 is 8.78 Å². The molecule has 0 radical (unpaired) electrons. The maximum absolute atomic E-state index is 2.70. The van der Waals surface area contributed by atoms with Crippen LogP contribution < -0.4 is 24.8 Å². The second kappa shape index (κ2) is 12.0. The Morgan fingerprint density at radius 3 is 1.55 bits per heavy atom. The predicted octanol–water partition coefficient (Wildman–Crippen LogP) is 3.12. The van der Waals surface area contributed by atoms with Gasteiger partial charge in [0.2, 0.25) is 0 Å². The number of halogens is 2. The molecule has 196 valence electrons. The molecule has 0 heterocycles. The van der Waals surface area contributed by atoms with Gasteiger partial charge in [0.25, 0.3) is 0 Å². The molecule has 0 aromatic heterocycles. The van der Waals surface area contributed by atoms with Gasteiger partial charge in [-0.25, -0.2) is 0 Å². The normalized spacial score (nSPS) is 14.4. The molecule has 5 aromatic carbocycles. The second-order valence-corrected chi connectivity index (χ2v) is 16.9. The van der Waals surface area contributed by atoms with E-state index in [-0.39, 0.29) is 24.8 Å². The van der Waals surface area contributed by atoms with Crippen LogP contribution in [-0.2, 0) is 21.3 Å². The SMILES string of the molecule is CC1=C[CH]([Zr+2](=[C](c2ccccc2)c2ccccc2)[CH]2c3ccccc3-c3ccccc32)c2c(C)cccc21.[Cl-].[Cl-]. The minimum atomic E-state index is -2.70. The number of aryl methyl sites for hydroxylation is 1. The number of benzene rings is 5. The number of fused-ring (bicyclic) bond motifs is 4. The van der Waals surface area contributed by atoms with Crippen molar-refractivity contribution in [2.24, 2.45) is 0 Å². The van der Waals surface area contributed by atoms with Crippen LogP contribution in [0.25, 0.3) is 16.7 Å². The summed E-state index contributed by atoms with van der Waals surface area (Å²) in [5, 5.41) is 0. The molecule has 0 saturated heterocycles. The van der Waals surface area contributed by atoms with Crippen molar-refractivity contribution in [2.75, 3.05) is 0 Å². The van der Waals surface area contributed by atoms with E-state index in [1.165, 1.54) is 50.1 Å². The molecule has 0 aliphatic heterocycles. The zero-order chi connectivity index (χ0) is 25.6. The molecule has 3 heteroatoms. The van der Waals surface area contributed by atoms with Gasteiger partial charge in [0.1, 0.15) is 0 Å². The molecule has 0 saturated carbocycles. The molecule has 0 bridgehead atoms. The molecule has 0 nitrogen and oxygen atoms in total. The fourth-order valence-electron chi connectivity index (χ4n) is 6.79. The van der Waals surface area contributed by atoms with Crippen molar-refractivity contribution in [2.45, 2.75) is 21.1 Å². The Hall–Kier alpha value is -2.83. The van der Waals surface area contributed by atoms with Crippen LogP contribution in [0.3, 0.4) is 0 Å². The quantitative estimate of drug-likeness (QED) is 0.285. The Morgan fingerprint density at radius 1 is 0.525 bits per heavy atom. The van der Waals surface area contributed by atoms with Gasteiger partial charge in [-0.05, 0) is 0 Å². The summed E-state index contributed by atoms with van der Waals surface area (Å²) in [4.78, 5) is 0. The maximum Gasteiger partial charge on any atom is -1.00 e. The molecule has 1 unspecified atom stereocenters. The van der Waals surface area contributed by atoms with Crippen molar-refractivity contribution in [3.8, 4) is 11.1 Å². The van der Waals surface area contributed by atoms with E-state index in [0.29, 0.717) is 7.25 Å². The molecular weight excluding hydrogens is 607 g/mol. The fourth-order valence-corrected chi connectivity index (χ4v) is 17.2. The van der Waals surface area contributed by atoms with Crippen molar-refractivity contribution in [1.82, 2.24) is 0 Å². The average Bonchev–Trinajstić information content (AvgIpc) is 3.48. The van der Waals surface area contributed by atoms with Crippen molar-refractivity contribution in [1.29, 1.82) is 0 Å². The standard InChI is InChI=1S/C13H9.C13H10.C11H11.2ClH.Zr/c1-3-7-12-10(5-1)9-11-6-2-4-8-13(11)12;1-3-7-12(8-4-1)11-13-9-5-2-6-10-13;1-8-4-3-5-10-9(2)6-7-11(8)10;;;/h1-9H;1-10H;3-7H,1-2H3;2*1H;/q;;;;;+2/p-2. The molecule has 0 fully saturated rings. The maximum atomic E-state index is 2.64. The molecule has 40 heavy (non-hydrogen) atoms. The van der Waals surface area contributed by atoms with E-state index < -0.39 is 21.3 Å². The smallest absolute Gasteiger partial charge is 1.00 e. The van der Waals surface area contributed by atoms with Gasteiger partial charge in [-0.1, -0.05) is 0 Å². The zero-order valence-electron chi connectivity index (χ0n) is 22.6. The topological polar surface area (TPSA) is 0 Å². The Kier molecular flexibility index (Phi) is 8.58. The summed E-state index contributed by atoms with van der Waals surface area (Å²) >= 11 is -2.70. The van der Waals surface area contributed by atoms with E-state index in [1.807, 2.05) is 0 Å². The molecule has 0 amide bonds. The van der Waals surface area contributed by atoms with Crippen molar-refractivity contribution in [3.05, 3.63) is 172 Å². The van der Waals surface area contributed by atoms with Gasteiger partial charge in [-0.15, -0.1) is 0 Å². The number of hydrogen-bond donors (Lipinski definition) is 0. The van der Waals surface area contributed by atoms with Crippen LogP contribution >= 0.6 is 0 Å². The second-order valence-electron chi connectivity index (χ2n) is 10.5. The van der Waals surface area contributed by atoms with E-state index in [1.54, 1.807) is 8.77 Å². The van der Waals surface area contributed by atoms with Crippen molar-refractivity contribution in [3.63, 3.8) is 0 Å². The van der Waals surface area contributed by atoms with Gasteiger partial charge < -0.3 is 24.8 Å². The van der Waals surface area contributed by atoms with Crippen LogP contribution in [0, 0.1) is 6.92 Å². The average molecular weight is 637 g/mol. The minimum Gasteiger partial charge on any atom is -1.00 e. The summed E-state index contributed by atoms with van der Waals surface area (Å²) < 4.78 is 2.53. The van der Waals surface area contributed by atoms with E-state index >= 15 is 0 Å². The third-order valence-corrected chi connectivity index (χ3v) is 17.0. The summed E-state index contributed by atoms with van der Waals surface area (Å²) in [5.41, 5.74) is 14.6.